The Labute approximate surface area is 111 Å². The second-order valence-electron chi connectivity index (χ2n) is 4.25. The molecule has 7 heteroatoms. The summed E-state index contributed by atoms with van der Waals surface area (Å²) in [6, 6.07) is 5.05. The third kappa shape index (κ3) is 4.98. The Morgan fingerprint density at radius 3 is 2.79 bits per heavy atom. The molecule has 0 fully saturated rings. The Balaban J connectivity index is 2.82. The lowest BCUT2D eigenvalue weighted by Gasteiger charge is -2.23. The Hall–Kier alpha value is -1.44. The average Bonchev–Trinajstić information content (AvgIpc) is 2.35. The quantitative estimate of drug-likeness (QED) is 0.499. The van der Waals surface area contributed by atoms with Crippen LogP contribution in [0.25, 0.3) is 0 Å². The molecule has 2 unspecified atom stereocenters. The molecule has 0 aromatic heterocycles. The van der Waals surface area contributed by atoms with Crippen molar-refractivity contribution in [2.45, 2.75) is 25.4 Å². The maximum absolute atomic E-state index is 13.1. The standard InChI is InChI=1S/C12H17BFNO4/c1-13(18)15-10(11(16)12(17)19-2)7-8-4-3-5-9(14)6-8/h3-6,10-11,15-16,18H,7H2,1-2H3. The number of ether oxygens (including phenoxy) is 1. The predicted molar refractivity (Wildman–Crippen MR) is 68.9 cm³/mol. The number of benzene rings is 1. The summed E-state index contributed by atoms with van der Waals surface area (Å²) < 4.78 is 17.5. The minimum Gasteiger partial charge on any atom is -0.467 e. The first-order chi connectivity index (χ1) is 8.93. The van der Waals surface area contributed by atoms with E-state index in [-0.39, 0.29) is 6.42 Å². The van der Waals surface area contributed by atoms with Crippen LogP contribution in [0.4, 0.5) is 4.39 Å². The van der Waals surface area contributed by atoms with E-state index < -0.39 is 31.0 Å². The lowest BCUT2D eigenvalue weighted by Crippen LogP contribution is -2.51. The second-order valence-corrected chi connectivity index (χ2v) is 4.25. The van der Waals surface area contributed by atoms with Crippen molar-refractivity contribution in [1.29, 1.82) is 0 Å². The van der Waals surface area contributed by atoms with Gasteiger partial charge < -0.3 is 20.1 Å². The smallest absolute Gasteiger partial charge is 0.373 e. The van der Waals surface area contributed by atoms with Crippen molar-refractivity contribution in [3.8, 4) is 0 Å². The van der Waals surface area contributed by atoms with E-state index in [1.54, 1.807) is 6.07 Å². The minimum absolute atomic E-state index is 0.179. The van der Waals surface area contributed by atoms with Crippen molar-refractivity contribution in [2.75, 3.05) is 7.11 Å². The summed E-state index contributed by atoms with van der Waals surface area (Å²) in [5.74, 6) is -1.21. The van der Waals surface area contributed by atoms with Crippen LogP contribution < -0.4 is 5.23 Å². The van der Waals surface area contributed by atoms with E-state index in [9.17, 15) is 19.3 Å². The normalized spacial score (nSPS) is 13.7. The maximum Gasteiger partial charge on any atom is 0.373 e. The molecule has 0 aliphatic heterocycles. The first-order valence-electron chi connectivity index (χ1n) is 5.88. The summed E-state index contributed by atoms with van der Waals surface area (Å²) in [5, 5.41) is 21.8. The number of methoxy groups -OCH3 is 1. The lowest BCUT2D eigenvalue weighted by atomic mass is 9.85. The number of halogens is 1. The van der Waals surface area contributed by atoms with Gasteiger partial charge in [0.1, 0.15) is 5.82 Å². The fourth-order valence-electron chi connectivity index (χ4n) is 1.77. The van der Waals surface area contributed by atoms with Crippen molar-refractivity contribution in [1.82, 2.24) is 5.23 Å². The second kappa shape index (κ2) is 7.23. The van der Waals surface area contributed by atoms with Gasteiger partial charge >= 0.3 is 13.0 Å². The highest BCUT2D eigenvalue weighted by Gasteiger charge is 2.28. The summed E-state index contributed by atoms with van der Waals surface area (Å²) in [7, 11) is 0.241. The summed E-state index contributed by atoms with van der Waals surface area (Å²) >= 11 is 0. The number of hydrogen-bond acceptors (Lipinski definition) is 5. The summed E-state index contributed by atoms with van der Waals surface area (Å²) in [4.78, 5) is 11.3. The molecule has 0 saturated carbocycles. The van der Waals surface area contributed by atoms with E-state index in [4.69, 9.17) is 0 Å². The highest BCUT2D eigenvalue weighted by atomic mass is 19.1. The third-order valence-corrected chi connectivity index (χ3v) is 2.62. The molecule has 0 aliphatic carbocycles. The van der Waals surface area contributed by atoms with Crippen LogP contribution in [-0.4, -0.2) is 42.4 Å². The largest absolute Gasteiger partial charge is 0.467 e. The monoisotopic (exact) mass is 269 g/mol. The number of carbonyl (C=O) groups is 1. The number of aliphatic hydroxyl groups excluding tert-OH is 1. The lowest BCUT2D eigenvalue weighted by molar-refractivity contribution is -0.151. The highest BCUT2D eigenvalue weighted by Crippen LogP contribution is 2.10. The minimum atomic E-state index is -1.44. The van der Waals surface area contributed by atoms with Crippen LogP contribution >= 0.6 is 0 Å². The third-order valence-electron chi connectivity index (χ3n) is 2.62. The topological polar surface area (TPSA) is 78.8 Å². The molecule has 0 amide bonds. The summed E-state index contributed by atoms with van der Waals surface area (Å²) in [5.41, 5.74) is 0.598. The fourth-order valence-corrected chi connectivity index (χ4v) is 1.77. The van der Waals surface area contributed by atoms with E-state index in [0.29, 0.717) is 5.56 Å². The highest BCUT2D eigenvalue weighted by molar-refractivity contribution is 6.45. The van der Waals surface area contributed by atoms with Gasteiger partial charge in [-0.05, 0) is 30.9 Å². The van der Waals surface area contributed by atoms with Gasteiger partial charge in [-0.2, -0.15) is 0 Å². The zero-order chi connectivity index (χ0) is 14.4. The molecule has 0 heterocycles. The van der Waals surface area contributed by atoms with Crippen molar-refractivity contribution in [3.63, 3.8) is 0 Å². The number of aliphatic hydroxyl groups is 1. The first kappa shape index (κ1) is 15.6. The number of carbonyl (C=O) groups excluding carboxylic acids is 1. The maximum atomic E-state index is 13.1. The molecule has 1 aromatic rings. The fraction of sp³-hybridized carbons (Fsp3) is 0.417. The number of nitrogens with one attached hydrogen (secondary N) is 1. The molecule has 0 spiro atoms. The Morgan fingerprint density at radius 1 is 1.58 bits per heavy atom. The van der Waals surface area contributed by atoms with Gasteiger partial charge in [-0.15, -0.1) is 0 Å². The average molecular weight is 269 g/mol. The summed E-state index contributed by atoms with van der Waals surface area (Å²) in [6.45, 7) is 1.46. The molecule has 5 nitrogen and oxygen atoms in total. The van der Waals surface area contributed by atoms with Gasteiger partial charge in [0.15, 0.2) is 6.10 Å². The number of esters is 1. The van der Waals surface area contributed by atoms with Crippen molar-refractivity contribution in [3.05, 3.63) is 35.6 Å². The van der Waals surface area contributed by atoms with E-state index in [1.165, 1.54) is 25.0 Å². The van der Waals surface area contributed by atoms with Gasteiger partial charge in [0, 0.05) is 6.04 Å². The van der Waals surface area contributed by atoms with Crippen LogP contribution in [0, 0.1) is 5.82 Å². The van der Waals surface area contributed by atoms with Gasteiger partial charge in [0.05, 0.1) is 7.11 Å². The molecule has 19 heavy (non-hydrogen) atoms. The molecule has 3 N–H and O–H groups in total. The van der Waals surface area contributed by atoms with Crippen LogP contribution in [0.3, 0.4) is 0 Å². The molecule has 1 aromatic carbocycles. The molecule has 0 radical (unpaired) electrons. The Bertz CT molecular complexity index is 430. The Morgan fingerprint density at radius 2 is 2.26 bits per heavy atom. The van der Waals surface area contributed by atoms with E-state index in [0.717, 1.165) is 7.11 Å². The number of hydrogen-bond donors (Lipinski definition) is 3. The molecule has 2 atom stereocenters. The first-order valence-corrected chi connectivity index (χ1v) is 5.88. The van der Waals surface area contributed by atoms with Crippen molar-refractivity contribution in [2.24, 2.45) is 0 Å². The predicted octanol–water partition coefficient (Wildman–Crippen LogP) is -0.0294. The van der Waals surface area contributed by atoms with E-state index in [2.05, 4.69) is 9.96 Å². The van der Waals surface area contributed by atoms with E-state index in [1.807, 2.05) is 0 Å². The van der Waals surface area contributed by atoms with Crippen LogP contribution in [0.5, 0.6) is 0 Å². The summed E-state index contributed by atoms with van der Waals surface area (Å²) in [6.07, 6.45) is -1.26. The van der Waals surface area contributed by atoms with Gasteiger partial charge in [0.25, 0.3) is 0 Å². The zero-order valence-electron chi connectivity index (χ0n) is 10.8. The Kier molecular flexibility index (Phi) is 5.94. The molecule has 0 saturated heterocycles. The van der Waals surface area contributed by atoms with Gasteiger partial charge in [-0.1, -0.05) is 12.1 Å². The van der Waals surface area contributed by atoms with E-state index >= 15 is 0 Å². The van der Waals surface area contributed by atoms with Crippen molar-refractivity contribution >= 4 is 13.0 Å². The van der Waals surface area contributed by atoms with Crippen molar-refractivity contribution < 1.29 is 24.1 Å². The molecule has 104 valence electrons. The molecule has 1 rings (SSSR count). The SMILES string of the molecule is COC(=O)C(O)C(Cc1cccc(F)c1)NB(C)O. The molecular weight excluding hydrogens is 252 g/mol. The van der Waals surface area contributed by atoms with Crippen LogP contribution in [0.2, 0.25) is 6.82 Å². The molecular formula is C12H17BFNO4. The van der Waals surface area contributed by atoms with Gasteiger partial charge in [0.2, 0.25) is 0 Å². The van der Waals surface area contributed by atoms with Crippen LogP contribution in [0.1, 0.15) is 5.56 Å². The zero-order valence-corrected chi connectivity index (χ0v) is 10.8. The van der Waals surface area contributed by atoms with Gasteiger partial charge in [-0.3, -0.25) is 0 Å². The molecule has 0 aliphatic rings. The molecule has 0 bridgehead atoms. The van der Waals surface area contributed by atoms with Gasteiger partial charge in [-0.25, -0.2) is 9.18 Å². The number of rotatable bonds is 6. The van der Waals surface area contributed by atoms with Crippen LogP contribution in [0.15, 0.2) is 24.3 Å². The van der Waals surface area contributed by atoms with Crippen LogP contribution in [-0.2, 0) is 16.0 Å².